The van der Waals surface area contributed by atoms with Crippen LogP contribution in [0.3, 0.4) is 0 Å². The SMILES string of the molecule is CCOC(=O)Cn1c(=NC(=O)Cc2ccc(CC)cc2)sc2cc(C)ccc21. The van der Waals surface area contributed by atoms with Gasteiger partial charge in [0.1, 0.15) is 6.54 Å². The van der Waals surface area contributed by atoms with Crippen LogP contribution in [0.2, 0.25) is 0 Å². The Hall–Kier alpha value is -2.73. The van der Waals surface area contributed by atoms with E-state index in [2.05, 4.69) is 11.9 Å². The topological polar surface area (TPSA) is 60.7 Å². The molecule has 146 valence electrons. The van der Waals surface area contributed by atoms with Crippen LogP contribution >= 0.6 is 11.3 Å². The van der Waals surface area contributed by atoms with E-state index < -0.39 is 0 Å². The maximum Gasteiger partial charge on any atom is 0.326 e. The summed E-state index contributed by atoms with van der Waals surface area (Å²) < 4.78 is 7.83. The van der Waals surface area contributed by atoms with Gasteiger partial charge in [-0.2, -0.15) is 4.99 Å². The minimum absolute atomic E-state index is 0.0359. The first-order chi connectivity index (χ1) is 13.5. The summed E-state index contributed by atoms with van der Waals surface area (Å²) in [4.78, 5) is 29.4. The van der Waals surface area contributed by atoms with Crippen molar-refractivity contribution in [1.82, 2.24) is 4.57 Å². The van der Waals surface area contributed by atoms with E-state index in [1.165, 1.54) is 16.9 Å². The number of fused-ring (bicyclic) bond motifs is 1. The molecule has 1 amide bonds. The first-order valence-electron chi connectivity index (χ1n) is 9.41. The summed E-state index contributed by atoms with van der Waals surface area (Å²) in [7, 11) is 0. The van der Waals surface area contributed by atoms with E-state index in [4.69, 9.17) is 4.74 Å². The summed E-state index contributed by atoms with van der Waals surface area (Å²) >= 11 is 1.41. The molecule has 0 radical (unpaired) electrons. The Morgan fingerprint density at radius 1 is 1.07 bits per heavy atom. The summed E-state index contributed by atoms with van der Waals surface area (Å²) in [5, 5.41) is 0. The Bertz CT molecular complexity index is 1060. The van der Waals surface area contributed by atoms with Gasteiger partial charge in [-0.15, -0.1) is 0 Å². The molecule has 0 fully saturated rings. The third-order valence-electron chi connectivity index (χ3n) is 4.44. The average Bonchev–Trinajstić information content (AvgIpc) is 2.98. The fourth-order valence-corrected chi connectivity index (χ4v) is 4.11. The molecule has 28 heavy (non-hydrogen) atoms. The van der Waals surface area contributed by atoms with Gasteiger partial charge in [-0.3, -0.25) is 9.59 Å². The Morgan fingerprint density at radius 3 is 2.46 bits per heavy atom. The van der Waals surface area contributed by atoms with E-state index in [-0.39, 0.29) is 24.8 Å². The number of thiazole rings is 1. The van der Waals surface area contributed by atoms with Crippen LogP contribution in [-0.2, 0) is 33.7 Å². The molecule has 0 aliphatic rings. The molecular formula is C22H24N2O3S. The van der Waals surface area contributed by atoms with Crippen molar-refractivity contribution in [3.05, 3.63) is 64.0 Å². The molecule has 0 bridgehead atoms. The number of aryl methyl sites for hydroxylation is 2. The molecule has 0 atom stereocenters. The third-order valence-corrected chi connectivity index (χ3v) is 5.48. The highest BCUT2D eigenvalue weighted by atomic mass is 32.1. The fraction of sp³-hybridized carbons (Fsp3) is 0.318. The fourth-order valence-electron chi connectivity index (χ4n) is 2.97. The summed E-state index contributed by atoms with van der Waals surface area (Å²) in [6, 6.07) is 14.0. The quantitative estimate of drug-likeness (QED) is 0.595. The number of hydrogen-bond acceptors (Lipinski definition) is 4. The molecule has 0 unspecified atom stereocenters. The number of rotatable bonds is 6. The van der Waals surface area contributed by atoms with E-state index in [0.717, 1.165) is 27.8 Å². The standard InChI is InChI=1S/C22H24N2O3S/c1-4-16-7-9-17(10-8-16)13-20(25)23-22-24(14-21(26)27-5-2)18-11-6-15(3)12-19(18)28-22/h6-12H,4-5,13-14H2,1-3H3. The van der Waals surface area contributed by atoms with Crippen molar-refractivity contribution >= 4 is 33.4 Å². The number of hydrogen-bond donors (Lipinski definition) is 0. The lowest BCUT2D eigenvalue weighted by molar-refractivity contribution is -0.143. The smallest absolute Gasteiger partial charge is 0.326 e. The van der Waals surface area contributed by atoms with Gasteiger partial charge in [-0.05, 0) is 49.1 Å². The summed E-state index contributed by atoms with van der Waals surface area (Å²) in [6.45, 7) is 6.24. The Morgan fingerprint density at radius 2 is 1.79 bits per heavy atom. The summed E-state index contributed by atoms with van der Waals surface area (Å²) in [6.07, 6.45) is 1.20. The molecule has 6 heteroatoms. The highest BCUT2D eigenvalue weighted by Gasteiger charge is 2.12. The number of benzene rings is 2. The molecule has 0 N–H and O–H groups in total. The van der Waals surface area contributed by atoms with Gasteiger partial charge in [0.05, 0.1) is 23.2 Å². The van der Waals surface area contributed by atoms with E-state index in [0.29, 0.717) is 11.4 Å². The predicted molar refractivity (Wildman–Crippen MR) is 111 cm³/mol. The van der Waals surface area contributed by atoms with Crippen LogP contribution in [0.5, 0.6) is 0 Å². The lowest BCUT2D eigenvalue weighted by Gasteiger charge is -2.05. The first kappa shape index (κ1) is 20.0. The largest absolute Gasteiger partial charge is 0.465 e. The zero-order valence-corrected chi connectivity index (χ0v) is 17.2. The van der Waals surface area contributed by atoms with Crippen molar-refractivity contribution in [2.45, 2.75) is 40.2 Å². The van der Waals surface area contributed by atoms with Crippen LogP contribution < -0.4 is 4.80 Å². The Kier molecular flexibility index (Phi) is 6.41. The van der Waals surface area contributed by atoms with E-state index in [1.807, 2.05) is 49.4 Å². The maximum atomic E-state index is 12.6. The first-order valence-corrected chi connectivity index (χ1v) is 10.2. The average molecular weight is 397 g/mol. The van der Waals surface area contributed by atoms with Gasteiger partial charge in [0.2, 0.25) is 0 Å². The van der Waals surface area contributed by atoms with Crippen molar-refractivity contribution in [2.75, 3.05) is 6.61 Å². The molecule has 1 heterocycles. The number of nitrogens with zero attached hydrogens (tertiary/aromatic N) is 2. The van der Waals surface area contributed by atoms with Gasteiger partial charge in [0.15, 0.2) is 4.80 Å². The minimum atomic E-state index is -0.341. The van der Waals surface area contributed by atoms with Crippen molar-refractivity contribution < 1.29 is 14.3 Å². The second-order valence-electron chi connectivity index (χ2n) is 6.60. The minimum Gasteiger partial charge on any atom is -0.465 e. The molecule has 5 nitrogen and oxygen atoms in total. The monoisotopic (exact) mass is 396 g/mol. The lowest BCUT2D eigenvalue weighted by Crippen LogP contribution is -2.23. The second kappa shape index (κ2) is 8.97. The number of amides is 1. The molecule has 0 aliphatic carbocycles. The number of ether oxygens (including phenoxy) is 1. The van der Waals surface area contributed by atoms with Gasteiger partial charge in [0.25, 0.3) is 5.91 Å². The van der Waals surface area contributed by atoms with Crippen LogP contribution in [0, 0.1) is 6.92 Å². The molecule has 0 saturated heterocycles. The summed E-state index contributed by atoms with van der Waals surface area (Å²) in [5.41, 5.74) is 4.16. The zero-order chi connectivity index (χ0) is 20.1. The van der Waals surface area contributed by atoms with Gasteiger partial charge in [-0.1, -0.05) is 48.6 Å². The Labute approximate surface area is 168 Å². The molecule has 2 aromatic carbocycles. The van der Waals surface area contributed by atoms with Gasteiger partial charge >= 0.3 is 5.97 Å². The molecule has 0 aliphatic heterocycles. The van der Waals surface area contributed by atoms with Crippen molar-refractivity contribution in [3.8, 4) is 0 Å². The second-order valence-corrected chi connectivity index (χ2v) is 7.61. The number of carbonyl (C=O) groups is 2. The lowest BCUT2D eigenvalue weighted by atomic mass is 10.1. The van der Waals surface area contributed by atoms with Crippen LogP contribution in [-0.4, -0.2) is 23.1 Å². The maximum absolute atomic E-state index is 12.6. The number of aromatic nitrogens is 1. The highest BCUT2D eigenvalue weighted by Crippen LogP contribution is 2.19. The molecule has 3 aromatic rings. The van der Waals surface area contributed by atoms with Crippen molar-refractivity contribution in [3.63, 3.8) is 0 Å². The van der Waals surface area contributed by atoms with Crippen LogP contribution in [0.15, 0.2) is 47.5 Å². The highest BCUT2D eigenvalue weighted by molar-refractivity contribution is 7.16. The van der Waals surface area contributed by atoms with Gasteiger partial charge < -0.3 is 9.30 Å². The summed E-state index contributed by atoms with van der Waals surface area (Å²) in [5.74, 6) is -0.572. The van der Waals surface area contributed by atoms with E-state index in [9.17, 15) is 9.59 Å². The number of carbonyl (C=O) groups excluding carboxylic acids is 2. The molecule has 3 rings (SSSR count). The van der Waals surface area contributed by atoms with Crippen molar-refractivity contribution in [2.24, 2.45) is 4.99 Å². The van der Waals surface area contributed by atoms with Crippen molar-refractivity contribution in [1.29, 1.82) is 0 Å². The molecule has 1 aromatic heterocycles. The molecular weight excluding hydrogens is 372 g/mol. The molecule has 0 saturated carbocycles. The van der Waals surface area contributed by atoms with Crippen LogP contribution in [0.1, 0.15) is 30.5 Å². The van der Waals surface area contributed by atoms with Gasteiger partial charge in [-0.25, -0.2) is 0 Å². The van der Waals surface area contributed by atoms with Crippen LogP contribution in [0.4, 0.5) is 0 Å². The molecule has 0 spiro atoms. The van der Waals surface area contributed by atoms with E-state index >= 15 is 0 Å². The number of esters is 1. The zero-order valence-electron chi connectivity index (χ0n) is 16.4. The third kappa shape index (κ3) is 4.75. The predicted octanol–water partition coefficient (Wildman–Crippen LogP) is 3.81. The van der Waals surface area contributed by atoms with Crippen LogP contribution in [0.25, 0.3) is 10.2 Å². The van der Waals surface area contributed by atoms with E-state index in [1.54, 1.807) is 11.5 Å². The normalized spacial score (nSPS) is 11.8. The Balaban J connectivity index is 1.94. The van der Waals surface area contributed by atoms with Gasteiger partial charge in [0, 0.05) is 0 Å².